The van der Waals surface area contributed by atoms with Gasteiger partial charge in [-0.2, -0.15) is 5.10 Å². The summed E-state index contributed by atoms with van der Waals surface area (Å²) in [5, 5.41) is 4.34. The topological polar surface area (TPSA) is 41.5 Å². The van der Waals surface area contributed by atoms with Gasteiger partial charge in [0.2, 0.25) is 0 Å². The first-order chi connectivity index (χ1) is 6.59. The fourth-order valence-corrected chi connectivity index (χ4v) is 1.05. The summed E-state index contributed by atoms with van der Waals surface area (Å²) in [7, 11) is 0. The van der Waals surface area contributed by atoms with Gasteiger partial charge in [0, 0.05) is 16.3 Å². The lowest BCUT2D eigenvalue weighted by Gasteiger charge is -2.00. The van der Waals surface area contributed by atoms with Crippen LogP contribution in [0.25, 0.3) is 0 Å². The smallest absolute Gasteiger partial charge is 0.267 e. The van der Waals surface area contributed by atoms with E-state index in [1.54, 1.807) is 38.1 Å². The van der Waals surface area contributed by atoms with Gasteiger partial charge in [0.15, 0.2) is 0 Å². The molecule has 1 aromatic rings. The normalized spacial score (nSPS) is 9.36. The minimum atomic E-state index is -0.256. The summed E-state index contributed by atoms with van der Waals surface area (Å²) in [5.74, 6) is -0.256. The van der Waals surface area contributed by atoms with Crippen molar-refractivity contribution in [3.63, 3.8) is 0 Å². The van der Waals surface area contributed by atoms with Crippen molar-refractivity contribution >= 4 is 23.2 Å². The Hall–Kier alpha value is -1.35. The van der Waals surface area contributed by atoms with Gasteiger partial charge in [0.05, 0.1) is 0 Å². The molecule has 0 aliphatic heterocycles. The van der Waals surface area contributed by atoms with E-state index in [-0.39, 0.29) is 5.91 Å². The van der Waals surface area contributed by atoms with Gasteiger partial charge in [0.1, 0.15) is 0 Å². The van der Waals surface area contributed by atoms with Crippen molar-refractivity contribution in [2.75, 3.05) is 0 Å². The van der Waals surface area contributed by atoms with Crippen molar-refractivity contribution in [3.05, 3.63) is 34.9 Å². The minimum absolute atomic E-state index is 0.256. The lowest BCUT2D eigenvalue weighted by molar-refractivity contribution is 0.0955. The number of hydrogen-bond donors (Lipinski definition) is 1. The largest absolute Gasteiger partial charge is 0.271 e. The van der Waals surface area contributed by atoms with Gasteiger partial charge in [-0.1, -0.05) is 17.7 Å². The van der Waals surface area contributed by atoms with E-state index >= 15 is 0 Å². The summed E-state index contributed by atoms with van der Waals surface area (Å²) < 4.78 is 0. The minimum Gasteiger partial charge on any atom is -0.267 e. The summed E-state index contributed by atoms with van der Waals surface area (Å²) in [6.07, 6.45) is 0. The Kier molecular flexibility index (Phi) is 3.65. The highest BCUT2D eigenvalue weighted by molar-refractivity contribution is 6.30. The van der Waals surface area contributed by atoms with E-state index in [4.69, 9.17) is 11.6 Å². The summed E-state index contributed by atoms with van der Waals surface area (Å²) in [6, 6.07) is 6.71. The van der Waals surface area contributed by atoms with Crippen molar-refractivity contribution in [3.8, 4) is 0 Å². The van der Waals surface area contributed by atoms with Crippen molar-refractivity contribution < 1.29 is 4.79 Å². The van der Waals surface area contributed by atoms with Crippen LogP contribution in [0.1, 0.15) is 24.2 Å². The highest BCUT2D eigenvalue weighted by Gasteiger charge is 2.03. The van der Waals surface area contributed by atoms with E-state index in [1.807, 2.05) is 0 Å². The molecule has 1 rings (SSSR count). The fourth-order valence-electron chi connectivity index (χ4n) is 0.857. The molecule has 74 valence electrons. The van der Waals surface area contributed by atoms with Crippen LogP contribution in [0, 0.1) is 0 Å². The van der Waals surface area contributed by atoms with Crippen LogP contribution in [-0.4, -0.2) is 11.6 Å². The zero-order valence-electron chi connectivity index (χ0n) is 8.04. The molecule has 3 nitrogen and oxygen atoms in total. The Balaban J connectivity index is 2.75. The number of benzene rings is 1. The molecule has 1 aromatic carbocycles. The van der Waals surface area contributed by atoms with E-state index in [2.05, 4.69) is 10.5 Å². The first-order valence-electron chi connectivity index (χ1n) is 4.16. The Morgan fingerprint density at radius 1 is 1.43 bits per heavy atom. The molecular weight excluding hydrogens is 200 g/mol. The van der Waals surface area contributed by atoms with Gasteiger partial charge in [-0.3, -0.25) is 4.79 Å². The third-order valence-corrected chi connectivity index (χ3v) is 1.70. The summed E-state index contributed by atoms with van der Waals surface area (Å²) in [5.41, 5.74) is 3.71. The van der Waals surface area contributed by atoms with E-state index in [0.717, 1.165) is 5.71 Å². The van der Waals surface area contributed by atoms with E-state index in [1.165, 1.54) is 0 Å². The number of halogens is 1. The van der Waals surface area contributed by atoms with Crippen LogP contribution in [0.2, 0.25) is 5.02 Å². The molecule has 0 aliphatic carbocycles. The van der Waals surface area contributed by atoms with Crippen LogP contribution in [-0.2, 0) is 0 Å². The maximum Gasteiger partial charge on any atom is 0.271 e. The zero-order chi connectivity index (χ0) is 10.6. The molecule has 1 N–H and O–H groups in total. The molecule has 14 heavy (non-hydrogen) atoms. The Bertz CT molecular complexity index is 370. The van der Waals surface area contributed by atoms with Crippen LogP contribution in [0.5, 0.6) is 0 Å². The maximum atomic E-state index is 11.4. The third-order valence-electron chi connectivity index (χ3n) is 1.47. The molecule has 4 heteroatoms. The molecule has 0 bridgehead atoms. The second kappa shape index (κ2) is 4.77. The standard InChI is InChI=1S/C10H11ClN2O/c1-7(2)12-13-10(14)8-4-3-5-9(11)6-8/h3-6H,1-2H3,(H,13,14). The summed E-state index contributed by atoms with van der Waals surface area (Å²) in [4.78, 5) is 11.4. The molecule has 0 atom stereocenters. The van der Waals surface area contributed by atoms with Gasteiger partial charge in [-0.25, -0.2) is 5.43 Å². The fraction of sp³-hybridized carbons (Fsp3) is 0.200. The molecule has 0 unspecified atom stereocenters. The van der Waals surface area contributed by atoms with Gasteiger partial charge in [-0.05, 0) is 32.0 Å². The van der Waals surface area contributed by atoms with Gasteiger partial charge >= 0.3 is 0 Å². The summed E-state index contributed by atoms with van der Waals surface area (Å²) >= 11 is 5.74. The van der Waals surface area contributed by atoms with Crippen LogP contribution in [0.3, 0.4) is 0 Å². The van der Waals surface area contributed by atoms with E-state index < -0.39 is 0 Å². The molecule has 0 heterocycles. The number of hydrazone groups is 1. The number of nitrogens with one attached hydrogen (secondary N) is 1. The molecule has 0 saturated heterocycles. The number of nitrogens with zero attached hydrogens (tertiary/aromatic N) is 1. The number of carbonyl (C=O) groups excluding carboxylic acids is 1. The van der Waals surface area contributed by atoms with E-state index in [9.17, 15) is 4.79 Å². The van der Waals surface area contributed by atoms with Crippen LogP contribution >= 0.6 is 11.6 Å². The predicted octanol–water partition coefficient (Wildman–Crippen LogP) is 2.47. The first-order valence-corrected chi connectivity index (χ1v) is 4.54. The second-order valence-corrected chi connectivity index (χ2v) is 3.45. The third kappa shape index (κ3) is 3.18. The molecule has 0 saturated carbocycles. The van der Waals surface area contributed by atoms with Crippen molar-refractivity contribution in [1.82, 2.24) is 5.43 Å². The maximum absolute atomic E-state index is 11.4. The van der Waals surface area contributed by atoms with Crippen LogP contribution < -0.4 is 5.43 Å². The van der Waals surface area contributed by atoms with Crippen molar-refractivity contribution in [2.45, 2.75) is 13.8 Å². The lowest BCUT2D eigenvalue weighted by Crippen LogP contribution is -2.18. The second-order valence-electron chi connectivity index (χ2n) is 3.01. The number of rotatable bonds is 2. The number of hydrogen-bond acceptors (Lipinski definition) is 2. The zero-order valence-corrected chi connectivity index (χ0v) is 8.80. The van der Waals surface area contributed by atoms with Crippen molar-refractivity contribution in [1.29, 1.82) is 0 Å². The molecule has 1 amide bonds. The number of carbonyl (C=O) groups is 1. The van der Waals surface area contributed by atoms with Crippen LogP contribution in [0.15, 0.2) is 29.4 Å². The SMILES string of the molecule is CC(C)=NNC(=O)c1cccc(Cl)c1. The highest BCUT2D eigenvalue weighted by Crippen LogP contribution is 2.10. The Morgan fingerprint density at radius 3 is 2.71 bits per heavy atom. The van der Waals surface area contributed by atoms with Crippen LogP contribution in [0.4, 0.5) is 0 Å². The Labute approximate surface area is 87.8 Å². The molecule has 0 radical (unpaired) electrons. The number of amides is 1. The summed E-state index contributed by atoms with van der Waals surface area (Å²) in [6.45, 7) is 3.61. The predicted molar refractivity (Wildman–Crippen MR) is 57.7 cm³/mol. The Morgan fingerprint density at radius 2 is 2.14 bits per heavy atom. The average Bonchev–Trinajstić information content (AvgIpc) is 2.14. The molecule has 0 fully saturated rings. The highest BCUT2D eigenvalue weighted by atomic mass is 35.5. The van der Waals surface area contributed by atoms with Gasteiger partial charge in [0.25, 0.3) is 5.91 Å². The molecular formula is C10H11ClN2O. The first kappa shape index (κ1) is 10.7. The average molecular weight is 211 g/mol. The van der Waals surface area contributed by atoms with Crippen molar-refractivity contribution in [2.24, 2.45) is 5.10 Å². The van der Waals surface area contributed by atoms with E-state index in [0.29, 0.717) is 10.6 Å². The van der Waals surface area contributed by atoms with Gasteiger partial charge < -0.3 is 0 Å². The van der Waals surface area contributed by atoms with Gasteiger partial charge in [-0.15, -0.1) is 0 Å². The molecule has 0 aliphatic rings. The lowest BCUT2D eigenvalue weighted by atomic mass is 10.2. The monoisotopic (exact) mass is 210 g/mol. The molecule has 0 spiro atoms. The quantitative estimate of drug-likeness (QED) is 0.591. The molecule has 0 aromatic heterocycles.